The van der Waals surface area contributed by atoms with E-state index in [0.717, 1.165) is 0 Å². The summed E-state index contributed by atoms with van der Waals surface area (Å²) < 4.78 is 31.9. The number of hydrogen-bond donors (Lipinski definition) is 2. The summed E-state index contributed by atoms with van der Waals surface area (Å²) in [7, 11) is -1.97. The van der Waals surface area contributed by atoms with Crippen molar-refractivity contribution in [1.29, 1.82) is 0 Å². The normalized spacial score (nSPS) is 11.9. The molecular weight excluding hydrogens is 234 g/mol. The average Bonchev–Trinajstić information content (AvgIpc) is 2.65. The van der Waals surface area contributed by atoms with E-state index in [4.69, 9.17) is 9.84 Å². The molecule has 0 bridgehead atoms. The molecule has 0 radical (unpaired) electrons. The molecule has 0 saturated heterocycles. The van der Waals surface area contributed by atoms with Crippen LogP contribution < -0.4 is 4.72 Å². The first-order valence-corrected chi connectivity index (χ1v) is 6.22. The summed E-state index contributed by atoms with van der Waals surface area (Å²) >= 11 is 0. The Balaban J connectivity index is 2.45. The van der Waals surface area contributed by atoms with Gasteiger partial charge in [-0.2, -0.15) is 5.10 Å². The second kappa shape index (κ2) is 5.94. The number of rotatable bonds is 7. The zero-order valence-corrected chi connectivity index (χ0v) is 9.77. The zero-order valence-electron chi connectivity index (χ0n) is 8.96. The second-order valence-electron chi connectivity index (χ2n) is 3.03. The number of hydrogen-bond acceptors (Lipinski definition) is 5. The van der Waals surface area contributed by atoms with Gasteiger partial charge in [0.05, 0.1) is 26.0 Å². The minimum absolute atomic E-state index is 0.0749. The van der Waals surface area contributed by atoms with Gasteiger partial charge < -0.3 is 9.84 Å². The van der Waals surface area contributed by atoms with Gasteiger partial charge in [0.25, 0.3) is 10.0 Å². The van der Waals surface area contributed by atoms with Gasteiger partial charge in [-0.3, -0.25) is 4.68 Å². The summed E-state index contributed by atoms with van der Waals surface area (Å²) in [6, 6.07) is 1.41. The largest absolute Gasteiger partial charge is 0.394 e. The van der Waals surface area contributed by atoms with Crippen LogP contribution in [0.25, 0.3) is 0 Å². The fourth-order valence-corrected chi connectivity index (χ4v) is 2.25. The molecule has 0 unspecified atom stereocenters. The van der Waals surface area contributed by atoms with Crippen LogP contribution in [0.5, 0.6) is 0 Å². The summed E-state index contributed by atoms with van der Waals surface area (Å²) in [5, 5.41) is 12.3. The molecule has 1 heterocycles. The van der Waals surface area contributed by atoms with Crippen molar-refractivity contribution in [2.75, 3.05) is 26.4 Å². The van der Waals surface area contributed by atoms with E-state index in [0.29, 0.717) is 0 Å². The van der Waals surface area contributed by atoms with E-state index < -0.39 is 10.0 Å². The lowest BCUT2D eigenvalue weighted by Gasteiger charge is -2.06. The summed E-state index contributed by atoms with van der Waals surface area (Å²) in [5.41, 5.74) is 0. The predicted octanol–water partition coefficient (Wildman–Crippen LogP) is -1.29. The molecular formula is C8H15N3O4S. The van der Waals surface area contributed by atoms with Gasteiger partial charge in [0.15, 0.2) is 5.03 Å². The maximum absolute atomic E-state index is 11.7. The molecule has 1 aromatic rings. The van der Waals surface area contributed by atoms with E-state index in [1.54, 1.807) is 7.05 Å². The Labute approximate surface area is 94.1 Å². The SMILES string of the molecule is Cn1nccc1S(=O)(=O)NCCOCCO. The van der Waals surface area contributed by atoms with Gasteiger partial charge in [-0.15, -0.1) is 0 Å². The van der Waals surface area contributed by atoms with Crippen LogP contribution in [0.2, 0.25) is 0 Å². The van der Waals surface area contributed by atoms with Crippen molar-refractivity contribution >= 4 is 10.0 Å². The third kappa shape index (κ3) is 3.56. The van der Waals surface area contributed by atoms with E-state index in [-0.39, 0.29) is 31.4 Å². The molecule has 0 aliphatic carbocycles. The fraction of sp³-hybridized carbons (Fsp3) is 0.625. The van der Waals surface area contributed by atoms with Crippen LogP contribution >= 0.6 is 0 Å². The Bertz CT molecular complexity index is 415. The van der Waals surface area contributed by atoms with Gasteiger partial charge in [0, 0.05) is 13.6 Å². The first kappa shape index (κ1) is 13.1. The smallest absolute Gasteiger partial charge is 0.257 e. The molecule has 2 N–H and O–H groups in total. The molecule has 0 saturated carbocycles. The molecule has 1 rings (SSSR count). The number of sulfonamides is 1. The van der Waals surface area contributed by atoms with Gasteiger partial charge in [0.2, 0.25) is 0 Å². The Hall–Kier alpha value is -0.960. The van der Waals surface area contributed by atoms with E-state index in [2.05, 4.69) is 9.82 Å². The number of nitrogens with zero attached hydrogens (tertiary/aromatic N) is 2. The highest BCUT2D eigenvalue weighted by Gasteiger charge is 2.16. The number of aliphatic hydroxyl groups is 1. The third-order valence-electron chi connectivity index (χ3n) is 1.83. The van der Waals surface area contributed by atoms with Crippen LogP contribution in [-0.2, 0) is 21.8 Å². The van der Waals surface area contributed by atoms with Crippen molar-refractivity contribution in [3.63, 3.8) is 0 Å². The maximum atomic E-state index is 11.7. The van der Waals surface area contributed by atoms with E-state index in [9.17, 15) is 8.42 Å². The van der Waals surface area contributed by atoms with E-state index >= 15 is 0 Å². The number of aliphatic hydroxyl groups excluding tert-OH is 1. The second-order valence-corrected chi connectivity index (χ2v) is 4.74. The third-order valence-corrected chi connectivity index (χ3v) is 3.36. The monoisotopic (exact) mass is 249 g/mol. The lowest BCUT2D eigenvalue weighted by Crippen LogP contribution is -2.29. The van der Waals surface area contributed by atoms with Crippen molar-refractivity contribution < 1.29 is 18.3 Å². The molecule has 0 aliphatic rings. The lowest BCUT2D eigenvalue weighted by molar-refractivity contribution is 0.0961. The first-order chi connectivity index (χ1) is 7.58. The molecule has 0 aromatic carbocycles. The molecule has 0 spiro atoms. The summed E-state index contributed by atoms with van der Waals surface area (Å²) in [6.07, 6.45) is 1.41. The van der Waals surface area contributed by atoms with Crippen LogP contribution in [0.1, 0.15) is 0 Å². The number of aryl methyl sites for hydroxylation is 1. The highest BCUT2D eigenvalue weighted by atomic mass is 32.2. The molecule has 0 amide bonds. The van der Waals surface area contributed by atoms with Crippen molar-refractivity contribution in [1.82, 2.24) is 14.5 Å². The topological polar surface area (TPSA) is 93.5 Å². The van der Waals surface area contributed by atoms with Gasteiger partial charge in [0.1, 0.15) is 0 Å². The highest BCUT2D eigenvalue weighted by molar-refractivity contribution is 7.89. The van der Waals surface area contributed by atoms with Crippen LogP contribution in [-0.4, -0.2) is 49.7 Å². The standard InChI is InChI=1S/C8H15N3O4S/c1-11-8(2-3-9-11)16(13,14)10-4-6-15-7-5-12/h2-3,10,12H,4-7H2,1H3. The molecule has 16 heavy (non-hydrogen) atoms. The van der Waals surface area contributed by atoms with Crippen LogP contribution in [0.15, 0.2) is 17.3 Å². The predicted molar refractivity (Wildman–Crippen MR) is 56.3 cm³/mol. The molecule has 0 atom stereocenters. The Kier molecular flexibility index (Phi) is 4.87. The summed E-state index contributed by atoms with van der Waals surface area (Å²) in [4.78, 5) is 0. The quantitative estimate of drug-likeness (QED) is 0.586. The molecule has 0 fully saturated rings. The first-order valence-electron chi connectivity index (χ1n) is 4.74. The Morgan fingerprint density at radius 2 is 2.31 bits per heavy atom. The van der Waals surface area contributed by atoms with Crippen molar-refractivity contribution in [2.45, 2.75) is 5.03 Å². The summed E-state index contributed by atoms with van der Waals surface area (Å²) in [6.45, 7) is 0.507. The highest BCUT2D eigenvalue weighted by Crippen LogP contribution is 2.04. The van der Waals surface area contributed by atoms with Crippen molar-refractivity contribution in [3.05, 3.63) is 12.3 Å². The fourth-order valence-electron chi connectivity index (χ4n) is 1.11. The van der Waals surface area contributed by atoms with Gasteiger partial charge in [-0.1, -0.05) is 0 Å². The Morgan fingerprint density at radius 3 is 2.88 bits per heavy atom. The number of ether oxygens (including phenoxy) is 1. The lowest BCUT2D eigenvalue weighted by atomic mass is 10.7. The van der Waals surface area contributed by atoms with E-state index in [1.807, 2.05) is 0 Å². The Morgan fingerprint density at radius 1 is 1.56 bits per heavy atom. The van der Waals surface area contributed by atoms with Crippen LogP contribution in [0, 0.1) is 0 Å². The zero-order chi connectivity index (χ0) is 12.0. The van der Waals surface area contributed by atoms with Crippen LogP contribution in [0.3, 0.4) is 0 Å². The molecule has 92 valence electrons. The molecule has 0 aliphatic heterocycles. The average molecular weight is 249 g/mol. The number of nitrogens with one attached hydrogen (secondary N) is 1. The van der Waals surface area contributed by atoms with Crippen molar-refractivity contribution in [2.24, 2.45) is 7.05 Å². The van der Waals surface area contributed by atoms with Gasteiger partial charge in [-0.05, 0) is 6.07 Å². The summed E-state index contributed by atoms with van der Waals surface area (Å²) in [5.74, 6) is 0. The van der Waals surface area contributed by atoms with Gasteiger partial charge in [-0.25, -0.2) is 13.1 Å². The van der Waals surface area contributed by atoms with E-state index in [1.165, 1.54) is 16.9 Å². The number of aromatic nitrogens is 2. The minimum atomic E-state index is -3.53. The van der Waals surface area contributed by atoms with Crippen molar-refractivity contribution in [3.8, 4) is 0 Å². The van der Waals surface area contributed by atoms with Gasteiger partial charge >= 0.3 is 0 Å². The molecule has 8 heteroatoms. The molecule has 1 aromatic heterocycles. The molecule has 7 nitrogen and oxygen atoms in total. The maximum Gasteiger partial charge on any atom is 0.257 e. The minimum Gasteiger partial charge on any atom is -0.394 e. The van der Waals surface area contributed by atoms with Crippen LogP contribution in [0.4, 0.5) is 0 Å².